The zero-order chi connectivity index (χ0) is 26.6. The van der Waals surface area contributed by atoms with Gasteiger partial charge in [0.25, 0.3) is 0 Å². The van der Waals surface area contributed by atoms with Gasteiger partial charge < -0.3 is 33.6 Å². The van der Waals surface area contributed by atoms with Crippen molar-refractivity contribution in [3.8, 4) is 22.8 Å². The molecular weight excluding hydrogens is 480 g/mol. The Balaban J connectivity index is 1.50. The molecule has 2 aliphatic heterocycles. The maximum atomic E-state index is 14.0. The van der Waals surface area contributed by atoms with E-state index in [1.807, 2.05) is 0 Å². The lowest BCUT2D eigenvalue weighted by Crippen LogP contribution is -2.82. The number of carbonyl (C=O) groups excluding carboxylic acids is 1. The van der Waals surface area contributed by atoms with E-state index in [0.29, 0.717) is 17.1 Å². The third kappa shape index (κ3) is 2.66. The average molecular weight is 511 g/mol. The summed E-state index contributed by atoms with van der Waals surface area (Å²) < 4.78 is 28.4. The molecule has 37 heavy (non-hydrogen) atoms. The van der Waals surface area contributed by atoms with Crippen LogP contribution in [-0.4, -0.2) is 46.7 Å². The summed E-state index contributed by atoms with van der Waals surface area (Å²) in [5.41, 5.74) is -7.71. The number of carbonyl (C=O) groups is 1. The lowest BCUT2D eigenvalue weighted by atomic mass is 9.40. The van der Waals surface area contributed by atoms with Crippen molar-refractivity contribution in [1.29, 1.82) is 0 Å². The topological polar surface area (TPSA) is 125 Å². The molecule has 0 spiro atoms. The van der Waals surface area contributed by atoms with Crippen molar-refractivity contribution in [1.82, 2.24) is 0 Å². The normalized spacial score (nSPS) is 35.3. The maximum absolute atomic E-state index is 14.0. The summed E-state index contributed by atoms with van der Waals surface area (Å²) in [6, 6.07) is 8.68. The van der Waals surface area contributed by atoms with Gasteiger partial charge in [-0.1, -0.05) is 0 Å². The van der Waals surface area contributed by atoms with E-state index in [4.69, 9.17) is 23.4 Å². The number of allylic oxidation sites excluding steroid dienone is 1. The van der Waals surface area contributed by atoms with Gasteiger partial charge in [-0.05, 0) is 64.8 Å². The fourth-order valence-corrected chi connectivity index (χ4v) is 7.03. The molecule has 0 amide bonds. The maximum Gasteiger partial charge on any atom is 0.343 e. The number of rotatable bonds is 2. The van der Waals surface area contributed by atoms with Crippen LogP contribution in [0.15, 0.2) is 51.1 Å². The Bertz CT molecular complexity index is 1420. The van der Waals surface area contributed by atoms with Crippen LogP contribution in [0.2, 0.25) is 0 Å². The Hall–Kier alpha value is -3.30. The molecule has 4 aliphatic rings. The Morgan fingerprint density at radius 2 is 1.65 bits per heavy atom. The van der Waals surface area contributed by atoms with Crippen LogP contribution >= 0.6 is 0 Å². The lowest BCUT2D eigenvalue weighted by Gasteiger charge is -2.68. The second-order valence-electron chi connectivity index (χ2n) is 11.3. The van der Waals surface area contributed by atoms with Gasteiger partial charge in [-0.2, -0.15) is 0 Å². The first-order chi connectivity index (χ1) is 17.3. The van der Waals surface area contributed by atoms with Crippen molar-refractivity contribution < 1.29 is 38.4 Å². The van der Waals surface area contributed by atoms with Crippen LogP contribution < -0.4 is 15.1 Å². The minimum absolute atomic E-state index is 0.00235. The summed E-state index contributed by atoms with van der Waals surface area (Å²) >= 11 is 0. The van der Waals surface area contributed by atoms with Crippen LogP contribution in [0.1, 0.15) is 46.1 Å². The highest BCUT2D eigenvalue weighted by atomic mass is 16.7. The van der Waals surface area contributed by atoms with E-state index in [1.165, 1.54) is 0 Å². The Morgan fingerprint density at radius 1 is 0.946 bits per heavy atom. The third-order valence-electron chi connectivity index (χ3n) is 9.52. The zero-order valence-electron chi connectivity index (χ0n) is 21.5. The molecule has 2 aliphatic carbocycles. The molecule has 9 nitrogen and oxygen atoms in total. The van der Waals surface area contributed by atoms with Gasteiger partial charge in [0, 0.05) is 18.1 Å². The van der Waals surface area contributed by atoms with Crippen molar-refractivity contribution >= 4 is 5.78 Å². The predicted octanol–water partition coefficient (Wildman–Crippen LogP) is 3.10. The molecule has 9 heteroatoms. The van der Waals surface area contributed by atoms with E-state index >= 15 is 0 Å². The SMILES string of the molecule is COc1ccc(-c2cc3c(c(=O)o2)C[C@]2(O)[C@@]4(C)C(=O)C5=C(OCO5)C(C)(C)[C@]4(O)CC[C@@]2(C)O3)cc1. The molecule has 1 fully saturated rings. The number of fused-ring (bicyclic) bond motifs is 4. The summed E-state index contributed by atoms with van der Waals surface area (Å²) in [7, 11) is 1.57. The van der Waals surface area contributed by atoms with Crippen molar-refractivity contribution in [2.45, 2.75) is 63.8 Å². The Kier molecular flexibility index (Phi) is 4.66. The minimum Gasteiger partial charge on any atom is -0.497 e. The third-order valence-corrected chi connectivity index (χ3v) is 9.52. The number of hydrogen-bond donors (Lipinski definition) is 2. The van der Waals surface area contributed by atoms with Crippen LogP contribution in [0.5, 0.6) is 11.5 Å². The molecule has 6 rings (SSSR count). The highest BCUT2D eigenvalue weighted by Crippen LogP contribution is 2.68. The summed E-state index contributed by atoms with van der Waals surface area (Å²) in [4.78, 5) is 27.3. The first-order valence-corrected chi connectivity index (χ1v) is 12.3. The summed E-state index contributed by atoms with van der Waals surface area (Å²) in [6.45, 7) is 6.68. The van der Waals surface area contributed by atoms with Crippen molar-refractivity contribution in [2.24, 2.45) is 10.8 Å². The molecule has 1 aromatic carbocycles. The van der Waals surface area contributed by atoms with Gasteiger partial charge in [-0.25, -0.2) is 4.79 Å². The number of ketones is 1. The average Bonchev–Trinajstić information content (AvgIpc) is 3.37. The molecule has 196 valence electrons. The molecule has 2 aromatic rings. The minimum atomic E-state index is -1.96. The predicted molar refractivity (Wildman–Crippen MR) is 130 cm³/mol. The number of benzene rings is 1. The smallest absolute Gasteiger partial charge is 0.343 e. The molecular formula is C28H30O9. The van der Waals surface area contributed by atoms with E-state index in [2.05, 4.69) is 0 Å². The van der Waals surface area contributed by atoms with Crippen LogP contribution in [0.3, 0.4) is 0 Å². The number of aliphatic hydroxyl groups is 2. The molecule has 0 unspecified atom stereocenters. The molecule has 0 radical (unpaired) electrons. The fraction of sp³-hybridized carbons (Fsp3) is 0.500. The van der Waals surface area contributed by atoms with E-state index in [0.717, 1.165) is 0 Å². The van der Waals surface area contributed by atoms with E-state index in [-0.39, 0.29) is 48.9 Å². The van der Waals surface area contributed by atoms with Gasteiger partial charge >= 0.3 is 5.63 Å². The fourth-order valence-electron chi connectivity index (χ4n) is 7.03. The summed E-state index contributed by atoms with van der Waals surface area (Å²) in [5, 5.41) is 24.7. The van der Waals surface area contributed by atoms with E-state index in [1.54, 1.807) is 65.1 Å². The highest BCUT2D eigenvalue weighted by molar-refractivity contribution is 6.02. The molecule has 4 atom stereocenters. The van der Waals surface area contributed by atoms with Crippen LogP contribution in [-0.2, 0) is 20.7 Å². The van der Waals surface area contributed by atoms with Gasteiger partial charge in [-0.3, -0.25) is 4.79 Å². The van der Waals surface area contributed by atoms with Crippen molar-refractivity contribution in [3.05, 3.63) is 57.8 Å². The van der Waals surface area contributed by atoms with Gasteiger partial charge in [0.1, 0.15) is 28.5 Å². The largest absolute Gasteiger partial charge is 0.497 e. The number of hydrogen-bond acceptors (Lipinski definition) is 9. The molecule has 1 aromatic heterocycles. The molecule has 0 saturated heterocycles. The standard InChI is InChI=1S/C28H30O9/c1-24(2)22-20(34-14-35-22)21(29)26(4)27(24,31)11-10-25(3)28(26,32)13-17-19(37-25)12-18(36-23(17)30)15-6-8-16(33-5)9-7-15/h6-9,12,31-32H,10-11,13-14H2,1-5H3/t25-,26+,27-,28-/m1/s1. The van der Waals surface area contributed by atoms with Crippen LogP contribution in [0.4, 0.5) is 0 Å². The number of methoxy groups -OCH3 is 1. The monoisotopic (exact) mass is 510 g/mol. The summed E-state index contributed by atoms with van der Waals surface area (Å²) in [5.74, 6) is 0.969. The van der Waals surface area contributed by atoms with Gasteiger partial charge in [-0.15, -0.1) is 0 Å². The van der Waals surface area contributed by atoms with Gasteiger partial charge in [0.15, 0.2) is 5.76 Å². The van der Waals surface area contributed by atoms with Gasteiger partial charge in [0.2, 0.25) is 18.3 Å². The highest BCUT2D eigenvalue weighted by Gasteiger charge is 2.81. The lowest BCUT2D eigenvalue weighted by molar-refractivity contribution is -0.302. The van der Waals surface area contributed by atoms with E-state index < -0.39 is 39.0 Å². The Labute approximate surface area is 213 Å². The van der Waals surface area contributed by atoms with Crippen LogP contribution in [0.25, 0.3) is 11.3 Å². The van der Waals surface area contributed by atoms with Crippen molar-refractivity contribution in [2.75, 3.05) is 13.9 Å². The zero-order valence-corrected chi connectivity index (χ0v) is 21.5. The van der Waals surface area contributed by atoms with Crippen LogP contribution in [0, 0.1) is 10.8 Å². The van der Waals surface area contributed by atoms with E-state index in [9.17, 15) is 19.8 Å². The molecule has 2 N–H and O–H groups in total. The first-order valence-electron chi connectivity index (χ1n) is 12.3. The number of Topliss-reactive ketones (excluding diaryl/α,β-unsaturated/α-hetero) is 1. The van der Waals surface area contributed by atoms with Crippen molar-refractivity contribution in [3.63, 3.8) is 0 Å². The second kappa shape index (κ2) is 7.17. The summed E-state index contributed by atoms with van der Waals surface area (Å²) in [6.07, 6.45) is 0.144. The first kappa shape index (κ1) is 24.1. The number of ether oxygens (including phenoxy) is 4. The Morgan fingerprint density at radius 3 is 2.32 bits per heavy atom. The molecule has 0 bridgehead atoms. The molecule has 3 heterocycles. The van der Waals surface area contributed by atoms with Gasteiger partial charge in [0.05, 0.1) is 29.1 Å². The molecule has 1 saturated carbocycles. The second-order valence-corrected chi connectivity index (χ2v) is 11.3. The quantitative estimate of drug-likeness (QED) is 0.627.